The van der Waals surface area contributed by atoms with E-state index in [1.807, 2.05) is 21.1 Å². The summed E-state index contributed by atoms with van der Waals surface area (Å²) in [6.45, 7) is 4.67. The molecule has 0 spiro atoms. The minimum absolute atomic E-state index is 0.0493. The number of rotatable bonds is 48. The third-order valence-corrected chi connectivity index (χ3v) is 12.1. The smallest absolute Gasteiger partial charge is 0.362 e. The maximum atomic E-state index is 12.8. The molecule has 0 bridgehead atoms. The van der Waals surface area contributed by atoms with Gasteiger partial charge in [0, 0.05) is 19.3 Å². The molecule has 0 heterocycles. The van der Waals surface area contributed by atoms with Gasteiger partial charge in [-0.15, -0.1) is 0 Å². The number of hydrogen-bond donors (Lipinski definition) is 1. The molecular weight excluding hydrogens is 787 g/mol. The minimum Gasteiger partial charge on any atom is -0.477 e. The van der Waals surface area contributed by atoms with Crippen molar-refractivity contribution in [1.82, 2.24) is 0 Å². The van der Waals surface area contributed by atoms with E-state index in [4.69, 9.17) is 14.2 Å². The van der Waals surface area contributed by atoms with E-state index < -0.39 is 18.1 Å². The minimum atomic E-state index is -0.872. The monoisotopic (exact) mass is 889 g/mol. The van der Waals surface area contributed by atoms with Crippen LogP contribution in [-0.4, -0.2) is 80.6 Å². The van der Waals surface area contributed by atoms with Gasteiger partial charge in [0.15, 0.2) is 12.1 Å². The summed E-state index contributed by atoms with van der Waals surface area (Å²) in [6, 6.07) is -0.614. The fraction of sp³-hybridized carbons (Fsp3) is 0.836. The average Bonchev–Trinajstić information content (AvgIpc) is 3.24. The fourth-order valence-electron chi connectivity index (χ4n) is 7.99. The summed E-state index contributed by atoms with van der Waals surface area (Å²) in [5.74, 6) is -1.45. The number of hydrogen-bond acceptors (Lipinski definition) is 6. The van der Waals surface area contributed by atoms with Crippen molar-refractivity contribution in [3.05, 3.63) is 36.5 Å². The highest BCUT2D eigenvalue weighted by Crippen LogP contribution is 2.17. The first kappa shape index (κ1) is 60.5. The molecule has 0 saturated heterocycles. The molecule has 0 saturated carbocycles. The molecule has 368 valence electrons. The molecule has 1 N–H and O–H groups in total. The summed E-state index contributed by atoms with van der Waals surface area (Å²) >= 11 is 0. The number of aliphatic carboxylic acids is 1. The number of quaternary nitrogens is 1. The number of carbonyl (C=O) groups is 3. The molecule has 0 aliphatic rings. The molecule has 0 amide bonds. The molecule has 0 rings (SSSR count). The van der Waals surface area contributed by atoms with Gasteiger partial charge in [0.2, 0.25) is 0 Å². The molecule has 0 aromatic carbocycles. The zero-order valence-electron chi connectivity index (χ0n) is 42.0. The Hall–Kier alpha value is -2.45. The molecule has 8 nitrogen and oxygen atoms in total. The van der Waals surface area contributed by atoms with Gasteiger partial charge in [-0.25, -0.2) is 4.79 Å². The molecule has 63 heavy (non-hydrogen) atoms. The summed E-state index contributed by atoms with van der Waals surface area (Å²) < 4.78 is 17.4. The van der Waals surface area contributed by atoms with Crippen molar-refractivity contribution in [2.45, 2.75) is 257 Å². The van der Waals surface area contributed by atoms with Crippen molar-refractivity contribution in [2.75, 3.05) is 41.0 Å². The van der Waals surface area contributed by atoms with Crippen LogP contribution in [0.3, 0.4) is 0 Å². The Morgan fingerprint density at radius 1 is 0.492 bits per heavy atom. The molecular formula is C55H102NO7+. The molecule has 0 aromatic heterocycles. The largest absolute Gasteiger partial charge is 0.477 e. The molecule has 2 unspecified atom stereocenters. The van der Waals surface area contributed by atoms with Crippen LogP contribution in [0.5, 0.6) is 0 Å². The van der Waals surface area contributed by atoms with E-state index in [-0.39, 0.29) is 36.2 Å². The zero-order chi connectivity index (χ0) is 46.3. The number of carboxylic acid groups (broad SMARTS) is 1. The van der Waals surface area contributed by atoms with Crippen LogP contribution in [0.1, 0.15) is 245 Å². The maximum absolute atomic E-state index is 12.8. The van der Waals surface area contributed by atoms with Gasteiger partial charge in [-0.3, -0.25) is 9.59 Å². The second-order valence-electron chi connectivity index (χ2n) is 19.1. The Morgan fingerprint density at radius 2 is 0.889 bits per heavy atom. The van der Waals surface area contributed by atoms with E-state index >= 15 is 0 Å². The van der Waals surface area contributed by atoms with E-state index in [1.165, 1.54) is 154 Å². The van der Waals surface area contributed by atoms with Crippen LogP contribution < -0.4 is 0 Å². The van der Waals surface area contributed by atoms with Gasteiger partial charge in [-0.1, -0.05) is 217 Å². The van der Waals surface area contributed by atoms with E-state index in [9.17, 15) is 19.5 Å². The van der Waals surface area contributed by atoms with Crippen LogP contribution in [0.15, 0.2) is 36.5 Å². The molecule has 0 aliphatic carbocycles. The van der Waals surface area contributed by atoms with Gasteiger partial charge in [-0.05, 0) is 44.9 Å². The standard InChI is InChI=1S/C55H101NO7/c1-6-8-10-12-14-16-18-20-22-24-26-28-29-31-33-35-37-39-41-43-45-53(57)62-50-51(49-61-48-47-52(55(59)60)56(3,4)5)63-54(58)46-44-42-40-38-36-34-32-30-27-25-23-21-19-17-15-13-11-9-7-2/h8,10,14,16,20,22,51-52H,6-7,9,11-13,15,17-19,21,23-50H2,1-5H3/p+1/b10-8+,16-14+,22-20+. The van der Waals surface area contributed by atoms with Crippen molar-refractivity contribution >= 4 is 17.9 Å². The van der Waals surface area contributed by atoms with E-state index in [2.05, 4.69) is 50.3 Å². The number of unbranched alkanes of at least 4 members (excludes halogenated alkanes) is 28. The van der Waals surface area contributed by atoms with Crippen molar-refractivity contribution < 1.29 is 38.2 Å². The number of carboxylic acids is 1. The Balaban J connectivity index is 4.20. The van der Waals surface area contributed by atoms with Gasteiger partial charge < -0.3 is 23.8 Å². The third kappa shape index (κ3) is 44.5. The lowest BCUT2D eigenvalue weighted by molar-refractivity contribution is -0.887. The van der Waals surface area contributed by atoms with Crippen LogP contribution in [0.2, 0.25) is 0 Å². The van der Waals surface area contributed by atoms with Crippen molar-refractivity contribution in [2.24, 2.45) is 0 Å². The van der Waals surface area contributed by atoms with Crippen LogP contribution in [0.4, 0.5) is 0 Å². The van der Waals surface area contributed by atoms with E-state index in [0.29, 0.717) is 19.3 Å². The average molecular weight is 889 g/mol. The Labute approximate surface area is 389 Å². The highest BCUT2D eigenvalue weighted by molar-refractivity contribution is 5.72. The number of allylic oxidation sites excluding steroid dienone is 6. The number of esters is 2. The molecule has 0 radical (unpaired) electrons. The number of likely N-dealkylation sites (N-methyl/N-ethyl adjacent to an activating group) is 1. The summed E-state index contributed by atoms with van der Waals surface area (Å²) in [4.78, 5) is 37.2. The molecule has 0 aliphatic heterocycles. The highest BCUT2D eigenvalue weighted by atomic mass is 16.6. The third-order valence-electron chi connectivity index (χ3n) is 12.1. The lowest BCUT2D eigenvalue weighted by Gasteiger charge is -2.31. The Bertz CT molecular complexity index is 1130. The summed E-state index contributed by atoms with van der Waals surface area (Å²) in [5.41, 5.74) is 0. The van der Waals surface area contributed by atoms with Gasteiger partial charge in [0.1, 0.15) is 6.61 Å². The van der Waals surface area contributed by atoms with Crippen LogP contribution in [0, 0.1) is 0 Å². The zero-order valence-corrected chi connectivity index (χ0v) is 42.0. The topological polar surface area (TPSA) is 99.1 Å². The highest BCUT2D eigenvalue weighted by Gasteiger charge is 2.31. The molecule has 2 atom stereocenters. The molecule has 0 aromatic rings. The summed E-state index contributed by atoms with van der Waals surface area (Å²) in [6.07, 6.45) is 54.8. The molecule has 0 fully saturated rings. The second-order valence-corrected chi connectivity index (χ2v) is 19.1. The second kappa shape index (κ2) is 46.1. The van der Waals surface area contributed by atoms with Gasteiger partial charge in [0.05, 0.1) is 34.4 Å². The first-order valence-corrected chi connectivity index (χ1v) is 26.5. The first-order valence-electron chi connectivity index (χ1n) is 26.5. The van der Waals surface area contributed by atoms with E-state index in [0.717, 1.165) is 57.8 Å². The first-order chi connectivity index (χ1) is 30.6. The lowest BCUT2D eigenvalue weighted by atomic mass is 10.0. The SMILES string of the molecule is CC/C=C/C/C=C/C/C=C/CCCCCCCCCCCCC(=O)OCC(COCCC(C(=O)O)[N+](C)(C)C)OC(=O)CCCCCCCCCCCCCCCCCCCCC. The number of ether oxygens (including phenoxy) is 3. The quantitative estimate of drug-likeness (QED) is 0.0281. The number of carbonyl (C=O) groups excluding carboxylic acids is 2. The maximum Gasteiger partial charge on any atom is 0.362 e. The lowest BCUT2D eigenvalue weighted by Crippen LogP contribution is -2.50. The Morgan fingerprint density at radius 3 is 1.32 bits per heavy atom. The fourth-order valence-corrected chi connectivity index (χ4v) is 7.99. The predicted octanol–water partition coefficient (Wildman–Crippen LogP) is 15.4. The summed E-state index contributed by atoms with van der Waals surface area (Å²) in [7, 11) is 5.54. The van der Waals surface area contributed by atoms with E-state index in [1.54, 1.807) is 0 Å². The number of nitrogens with zero attached hydrogens (tertiary/aromatic N) is 1. The van der Waals surface area contributed by atoms with Crippen LogP contribution in [-0.2, 0) is 28.6 Å². The van der Waals surface area contributed by atoms with Crippen molar-refractivity contribution in [1.29, 1.82) is 0 Å². The van der Waals surface area contributed by atoms with Gasteiger partial charge >= 0.3 is 17.9 Å². The van der Waals surface area contributed by atoms with Gasteiger partial charge in [-0.2, -0.15) is 0 Å². The molecule has 8 heteroatoms. The Kier molecular flexibility index (Phi) is 44.3. The van der Waals surface area contributed by atoms with Crippen LogP contribution in [0.25, 0.3) is 0 Å². The summed E-state index contributed by atoms with van der Waals surface area (Å²) in [5, 5.41) is 9.66. The van der Waals surface area contributed by atoms with Gasteiger partial charge in [0.25, 0.3) is 0 Å². The normalized spacial score (nSPS) is 13.1. The van der Waals surface area contributed by atoms with Crippen molar-refractivity contribution in [3.8, 4) is 0 Å². The van der Waals surface area contributed by atoms with Crippen molar-refractivity contribution in [3.63, 3.8) is 0 Å². The predicted molar refractivity (Wildman–Crippen MR) is 266 cm³/mol. The van der Waals surface area contributed by atoms with Crippen LogP contribution >= 0.6 is 0 Å².